The molecule has 0 saturated carbocycles. The van der Waals surface area contributed by atoms with Crippen LogP contribution in [0.25, 0.3) is 0 Å². The predicted octanol–water partition coefficient (Wildman–Crippen LogP) is 4.64. The van der Waals surface area contributed by atoms with Crippen LogP contribution in [0.2, 0.25) is 0 Å². The first-order valence-electron chi connectivity index (χ1n) is 5.12. The molecule has 0 spiro atoms. The Balaban J connectivity index is 2.36. The normalized spacial score (nSPS) is 10.4. The summed E-state index contributed by atoms with van der Waals surface area (Å²) in [4.78, 5) is 0. The molecule has 0 heterocycles. The molecule has 5 heteroatoms. The van der Waals surface area contributed by atoms with Gasteiger partial charge in [-0.2, -0.15) is 0 Å². The molecule has 2 aromatic carbocycles. The first-order chi connectivity index (χ1) is 8.60. The SMILES string of the molecule is OCc1ccc(Br)cc1Oc1ccc(Br)cc1F. The number of ether oxygens (including phenoxy) is 1. The minimum atomic E-state index is -0.465. The van der Waals surface area contributed by atoms with Gasteiger partial charge in [0.1, 0.15) is 5.75 Å². The molecule has 18 heavy (non-hydrogen) atoms. The largest absolute Gasteiger partial charge is 0.454 e. The van der Waals surface area contributed by atoms with Crippen molar-refractivity contribution < 1.29 is 14.2 Å². The number of hydrogen-bond acceptors (Lipinski definition) is 2. The fraction of sp³-hybridized carbons (Fsp3) is 0.0769. The summed E-state index contributed by atoms with van der Waals surface area (Å²) in [5.41, 5.74) is 0.598. The zero-order chi connectivity index (χ0) is 13.1. The number of benzene rings is 2. The fourth-order valence-corrected chi connectivity index (χ4v) is 2.10. The third-order valence-corrected chi connectivity index (χ3v) is 3.30. The Labute approximate surface area is 121 Å². The maximum Gasteiger partial charge on any atom is 0.166 e. The van der Waals surface area contributed by atoms with E-state index in [4.69, 9.17) is 4.74 Å². The van der Waals surface area contributed by atoms with Crippen molar-refractivity contribution in [2.75, 3.05) is 0 Å². The van der Waals surface area contributed by atoms with Crippen LogP contribution in [0.4, 0.5) is 4.39 Å². The van der Waals surface area contributed by atoms with Crippen molar-refractivity contribution in [3.63, 3.8) is 0 Å². The lowest BCUT2D eigenvalue weighted by Gasteiger charge is -2.11. The zero-order valence-corrected chi connectivity index (χ0v) is 12.3. The van der Waals surface area contributed by atoms with E-state index in [1.165, 1.54) is 12.1 Å². The first kappa shape index (κ1) is 13.5. The Morgan fingerprint density at radius 1 is 1.00 bits per heavy atom. The van der Waals surface area contributed by atoms with E-state index < -0.39 is 5.82 Å². The fourth-order valence-electron chi connectivity index (χ4n) is 1.43. The Morgan fingerprint density at radius 2 is 1.67 bits per heavy atom. The standard InChI is InChI=1S/C13H9Br2FO2/c14-9-3-4-12(11(16)5-9)18-13-6-10(15)2-1-8(13)7-17/h1-6,17H,7H2. The van der Waals surface area contributed by atoms with E-state index >= 15 is 0 Å². The van der Waals surface area contributed by atoms with Gasteiger partial charge in [-0.25, -0.2) is 4.39 Å². The lowest BCUT2D eigenvalue weighted by atomic mass is 10.2. The van der Waals surface area contributed by atoms with Gasteiger partial charge in [-0.1, -0.05) is 37.9 Å². The van der Waals surface area contributed by atoms with Gasteiger partial charge in [0.05, 0.1) is 6.61 Å². The van der Waals surface area contributed by atoms with Crippen molar-refractivity contribution in [3.05, 3.63) is 56.7 Å². The molecule has 0 radical (unpaired) electrons. The lowest BCUT2D eigenvalue weighted by molar-refractivity contribution is 0.276. The van der Waals surface area contributed by atoms with Crippen LogP contribution in [0.15, 0.2) is 45.3 Å². The summed E-state index contributed by atoms with van der Waals surface area (Å²) in [5.74, 6) is 0.0762. The molecule has 0 aromatic heterocycles. The topological polar surface area (TPSA) is 29.5 Å². The van der Waals surface area contributed by atoms with Gasteiger partial charge in [0.2, 0.25) is 0 Å². The molecule has 0 unspecified atom stereocenters. The van der Waals surface area contributed by atoms with E-state index in [2.05, 4.69) is 31.9 Å². The van der Waals surface area contributed by atoms with Crippen LogP contribution in [0.3, 0.4) is 0 Å². The molecule has 0 saturated heterocycles. The molecule has 94 valence electrons. The van der Waals surface area contributed by atoms with Gasteiger partial charge in [-0.3, -0.25) is 0 Å². The summed E-state index contributed by atoms with van der Waals surface area (Å²) < 4.78 is 20.6. The highest BCUT2D eigenvalue weighted by Gasteiger charge is 2.09. The van der Waals surface area contributed by atoms with Gasteiger partial charge < -0.3 is 9.84 Å². The predicted molar refractivity (Wildman–Crippen MR) is 74.2 cm³/mol. The summed E-state index contributed by atoms with van der Waals surface area (Å²) in [6.07, 6.45) is 0. The number of hydrogen-bond donors (Lipinski definition) is 1. The Bertz CT molecular complexity index is 573. The van der Waals surface area contributed by atoms with Crippen molar-refractivity contribution in [1.29, 1.82) is 0 Å². The Morgan fingerprint density at radius 3 is 2.33 bits per heavy atom. The zero-order valence-electron chi connectivity index (χ0n) is 9.16. The number of halogens is 3. The summed E-state index contributed by atoms with van der Waals surface area (Å²) in [6.45, 7) is -0.166. The minimum Gasteiger partial charge on any atom is -0.454 e. The van der Waals surface area contributed by atoms with E-state index in [1.807, 2.05) is 0 Å². The van der Waals surface area contributed by atoms with Crippen molar-refractivity contribution in [2.24, 2.45) is 0 Å². The van der Waals surface area contributed by atoms with Crippen LogP contribution in [-0.2, 0) is 6.61 Å². The van der Waals surface area contributed by atoms with Crippen molar-refractivity contribution >= 4 is 31.9 Å². The Kier molecular flexibility index (Phi) is 4.37. The van der Waals surface area contributed by atoms with Gasteiger partial charge in [0.25, 0.3) is 0 Å². The summed E-state index contributed by atoms with van der Waals surface area (Å²) >= 11 is 6.48. The molecule has 2 aromatic rings. The molecule has 0 aliphatic carbocycles. The first-order valence-corrected chi connectivity index (χ1v) is 6.71. The molecule has 2 nitrogen and oxygen atoms in total. The van der Waals surface area contributed by atoms with Crippen LogP contribution < -0.4 is 4.74 Å². The van der Waals surface area contributed by atoms with Crippen molar-refractivity contribution in [1.82, 2.24) is 0 Å². The average molecular weight is 376 g/mol. The molecular weight excluding hydrogens is 367 g/mol. The van der Waals surface area contributed by atoms with Gasteiger partial charge in [0, 0.05) is 14.5 Å². The van der Waals surface area contributed by atoms with E-state index in [0.29, 0.717) is 15.8 Å². The highest BCUT2D eigenvalue weighted by Crippen LogP contribution is 2.31. The van der Waals surface area contributed by atoms with Gasteiger partial charge >= 0.3 is 0 Å². The van der Waals surface area contributed by atoms with Gasteiger partial charge in [0.15, 0.2) is 11.6 Å². The lowest BCUT2D eigenvalue weighted by Crippen LogP contribution is -1.93. The molecule has 0 aliphatic rings. The number of aliphatic hydroxyl groups excluding tert-OH is 1. The molecule has 1 N–H and O–H groups in total. The van der Waals surface area contributed by atoms with Crippen LogP contribution in [0.5, 0.6) is 11.5 Å². The summed E-state index contributed by atoms with van der Waals surface area (Å²) in [5, 5.41) is 9.20. The summed E-state index contributed by atoms with van der Waals surface area (Å²) in [6, 6.07) is 9.74. The maximum atomic E-state index is 13.6. The van der Waals surface area contributed by atoms with Gasteiger partial charge in [-0.15, -0.1) is 0 Å². The monoisotopic (exact) mass is 374 g/mol. The molecule has 0 aliphatic heterocycles. The second-order valence-electron chi connectivity index (χ2n) is 3.59. The quantitative estimate of drug-likeness (QED) is 0.847. The Hall–Kier alpha value is -0.910. The van der Waals surface area contributed by atoms with Gasteiger partial charge in [-0.05, 0) is 30.3 Å². The highest BCUT2D eigenvalue weighted by atomic mass is 79.9. The van der Waals surface area contributed by atoms with E-state index in [0.717, 1.165) is 4.47 Å². The number of rotatable bonds is 3. The maximum absolute atomic E-state index is 13.6. The van der Waals surface area contributed by atoms with Crippen LogP contribution in [0, 0.1) is 5.82 Å². The molecule has 0 bridgehead atoms. The molecule has 0 fully saturated rings. The smallest absolute Gasteiger partial charge is 0.166 e. The van der Waals surface area contributed by atoms with Crippen molar-refractivity contribution in [3.8, 4) is 11.5 Å². The second-order valence-corrected chi connectivity index (χ2v) is 5.42. The number of aliphatic hydroxyl groups is 1. The molecule has 0 atom stereocenters. The minimum absolute atomic E-state index is 0.117. The van der Waals surface area contributed by atoms with E-state index in [-0.39, 0.29) is 12.4 Å². The molecular formula is C13H9Br2FO2. The third kappa shape index (κ3) is 3.10. The molecule has 0 amide bonds. The van der Waals surface area contributed by atoms with E-state index in [1.54, 1.807) is 24.3 Å². The highest BCUT2D eigenvalue weighted by molar-refractivity contribution is 9.10. The van der Waals surface area contributed by atoms with Crippen LogP contribution >= 0.6 is 31.9 Å². The van der Waals surface area contributed by atoms with Crippen LogP contribution in [0.1, 0.15) is 5.56 Å². The van der Waals surface area contributed by atoms with E-state index in [9.17, 15) is 9.50 Å². The molecule has 2 rings (SSSR count). The average Bonchev–Trinajstić information content (AvgIpc) is 2.33. The van der Waals surface area contributed by atoms with Crippen molar-refractivity contribution in [2.45, 2.75) is 6.61 Å². The second kappa shape index (κ2) is 5.82. The van der Waals surface area contributed by atoms with Crippen LogP contribution in [-0.4, -0.2) is 5.11 Å². The third-order valence-electron chi connectivity index (χ3n) is 2.31. The summed E-state index contributed by atoms with van der Waals surface area (Å²) in [7, 11) is 0.